The second-order valence-corrected chi connectivity index (χ2v) is 5.83. The smallest absolute Gasteiger partial charge is 0.122 e. The zero-order valence-corrected chi connectivity index (χ0v) is 13.6. The van der Waals surface area contributed by atoms with Crippen molar-refractivity contribution in [1.82, 2.24) is 0 Å². The average Bonchev–Trinajstić information content (AvgIpc) is 2.51. The first kappa shape index (κ1) is 16.4. The minimum atomic E-state index is 0.0284. The topological polar surface area (TPSA) is 29.5 Å². The molecule has 0 aliphatic carbocycles. The quantitative estimate of drug-likeness (QED) is 0.684. The summed E-state index contributed by atoms with van der Waals surface area (Å²) in [5.41, 5.74) is 2.21. The van der Waals surface area contributed by atoms with Gasteiger partial charge in [-0.2, -0.15) is 0 Å². The van der Waals surface area contributed by atoms with E-state index in [0.29, 0.717) is 12.2 Å². The molecule has 1 unspecified atom stereocenters. The van der Waals surface area contributed by atoms with E-state index >= 15 is 0 Å². The number of hydrogen-bond donors (Lipinski definition) is 1. The number of aromatic hydroxyl groups is 1. The van der Waals surface area contributed by atoms with Crippen molar-refractivity contribution >= 4 is 0 Å². The van der Waals surface area contributed by atoms with Gasteiger partial charge in [0.2, 0.25) is 0 Å². The molecule has 0 radical (unpaired) electrons. The van der Waals surface area contributed by atoms with E-state index in [4.69, 9.17) is 4.74 Å². The summed E-state index contributed by atoms with van der Waals surface area (Å²) in [7, 11) is 0. The number of unbranched alkanes of at least 4 members (excludes halogenated alkanes) is 2. The lowest BCUT2D eigenvalue weighted by Crippen LogP contribution is -2.16. The lowest BCUT2D eigenvalue weighted by molar-refractivity contribution is 0.218. The number of aryl methyl sites for hydroxylation is 1. The Balaban J connectivity index is 1.99. The number of phenols is 1. The van der Waals surface area contributed by atoms with Crippen molar-refractivity contribution < 1.29 is 9.84 Å². The van der Waals surface area contributed by atoms with Gasteiger partial charge in [0.05, 0.1) is 0 Å². The first-order valence-corrected chi connectivity index (χ1v) is 8.22. The molecule has 0 amide bonds. The molecule has 0 aliphatic rings. The van der Waals surface area contributed by atoms with E-state index in [-0.39, 0.29) is 6.10 Å². The van der Waals surface area contributed by atoms with Crippen molar-refractivity contribution in [2.45, 2.75) is 52.1 Å². The van der Waals surface area contributed by atoms with Gasteiger partial charge in [-0.1, -0.05) is 56.2 Å². The molecule has 0 saturated heterocycles. The molecule has 2 rings (SSSR count). The molecule has 2 nitrogen and oxygen atoms in total. The van der Waals surface area contributed by atoms with E-state index in [1.807, 2.05) is 30.3 Å². The SMILES string of the molecule is CCCCCc1ccccc1OC(C)Cc1ccccc1O. The molecule has 2 aromatic rings. The van der Waals surface area contributed by atoms with Crippen molar-refractivity contribution in [3.8, 4) is 11.5 Å². The van der Waals surface area contributed by atoms with Gasteiger partial charge in [-0.3, -0.25) is 0 Å². The van der Waals surface area contributed by atoms with Crippen LogP contribution in [-0.2, 0) is 12.8 Å². The molecule has 1 atom stereocenters. The van der Waals surface area contributed by atoms with Crippen molar-refractivity contribution in [2.75, 3.05) is 0 Å². The molecule has 0 fully saturated rings. The van der Waals surface area contributed by atoms with Gasteiger partial charge in [0.15, 0.2) is 0 Å². The Labute approximate surface area is 133 Å². The highest BCUT2D eigenvalue weighted by molar-refractivity contribution is 5.35. The fourth-order valence-electron chi connectivity index (χ4n) is 2.64. The minimum Gasteiger partial charge on any atom is -0.508 e. The van der Waals surface area contributed by atoms with E-state index in [9.17, 15) is 5.11 Å². The maximum Gasteiger partial charge on any atom is 0.122 e. The van der Waals surface area contributed by atoms with Crippen LogP contribution in [0, 0.1) is 0 Å². The molecule has 0 aliphatic heterocycles. The number of phenolic OH excluding ortho intramolecular Hbond substituents is 1. The van der Waals surface area contributed by atoms with Gasteiger partial charge < -0.3 is 9.84 Å². The van der Waals surface area contributed by atoms with E-state index in [1.54, 1.807) is 6.07 Å². The zero-order valence-electron chi connectivity index (χ0n) is 13.6. The summed E-state index contributed by atoms with van der Waals surface area (Å²) in [6, 6.07) is 15.7. The summed E-state index contributed by atoms with van der Waals surface area (Å²) >= 11 is 0. The average molecular weight is 298 g/mol. The first-order chi connectivity index (χ1) is 10.7. The molecule has 0 saturated carbocycles. The third-order valence-corrected chi connectivity index (χ3v) is 3.85. The fraction of sp³-hybridized carbons (Fsp3) is 0.400. The predicted octanol–water partition coefficient (Wildman–Crippen LogP) is 5.13. The highest BCUT2D eigenvalue weighted by Gasteiger charge is 2.11. The van der Waals surface area contributed by atoms with Gasteiger partial charge in [0, 0.05) is 6.42 Å². The summed E-state index contributed by atoms with van der Waals surface area (Å²) in [6.45, 7) is 4.27. The Morgan fingerprint density at radius 2 is 1.64 bits per heavy atom. The number of hydrogen-bond acceptors (Lipinski definition) is 2. The van der Waals surface area contributed by atoms with Gasteiger partial charge in [-0.05, 0) is 43.0 Å². The molecule has 22 heavy (non-hydrogen) atoms. The van der Waals surface area contributed by atoms with Crippen molar-refractivity contribution in [3.63, 3.8) is 0 Å². The summed E-state index contributed by atoms with van der Waals surface area (Å²) in [5.74, 6) is 1.32. The second-order valence-electron chi connectivity index (χ2n) is 5.83. The van der Waals surface area contributed by atoms with Crippen LogP contribution in [0.5, 0.6) is 11.5 Å². The van der Waals surface area contributed by atoms with Crippen LogP contribution in [0.15, 0.2) is 48.5 Å². The third kappa shape index (κ3) is 4.80. The van der Waals surface area contributed by atoms with Crippen LogP contribution in [-0.4, -0.2) is 11.2 Å². The van der Waals surface area contributed by atoms with Crippen LogP contribution in [0.25, 0.3) is 0 Å². The Morgan fingerprint density at radius 3 is 2.36 bits per heavy atom. The monoisotopic (exact) mass is 298 g/mol. The molecule has 118 valence electrons. The van der Waals surface area contributed by atoms with E-state index < -0.39 is 0 Å². The van der Waals surface area contributed by atoms with Gasteiger partial charge in [0.25, 0.3) is 0 Å². The van der Waals surface area contributed by atoms with Gasteiger partial charge >= 0.3 is 0 Å². The highest BCUT2D eigenvalue weighted by atomic mass is 16.5. The molecule has 2 aromatic carbocycles. The summed E-state index contributed by atoms with van der Waals surface area (Å²) in [4.78, 5) is 0. The predicted molar refractivity (Wildman–Crippen MR) is 91.6 cm³/mol. The van der Waals surface area contributed by atoms with Crippen LogP contribution >= 0.6 is 0 Å². The van der Waals surface area contributed by atoms with Crippen molar-refractivity contribution in [1.29, 1.82) is 0 Å². The standard InChI is InChI=1S/C20H26O2/c1-3-4-5-10-17-11-7-9-14-20(17)22-16(2)15-18-12-6-8-13-19(18)21/h6-9,11-14,16,21H,3-5,10,15H2,1-2H3. The Bertz CT molecular complexity index is 577. The molecular formula is C20H26O2. The number of ether oxygens (including phenoxy) is 1. The summed E-state index contributed by atoms with van der Waals surface area (Å²) < 4.78 is 6.12. The van der Waals surface area contributed by atoms with Crippen molar-refractivity contribution in [2.24, 2.45) is 0 Å². The lowest BCUT2D eigenvalue weighted by atomic mass is 10.1. The molecule has 0 heterocycles. The highest BCUT2D eigenvalue weighted by Crippen LogP contribution is 2.24. The molecule has 0 spiro atoms. The van der Waals surface area contributed by atoms with Crippen LogP contribution < -0.4 is 4.74 Å². The molecule has 0 bridgehead atoms. The fourth-order valence-corrected chi connectivity index (χ4v) is 2.64. The van der Waals surface area contributed by atoms with Gasteiger partial charge in [-0.25, -0.2) is 0 Å². The van der Waals surface area contributed by atoms with Crippen LogP contribution in [0.4, 0.5) is 0 Å². The number of rotatable bonds is 8. The summed E-state index contributed by atoms with van der Waals surface area (Å²) in [6.07, 6.45) is 5.48. The van der Waals surface area contributed by atoms with Crippen LogP contribution in [0.3, 0.4) is 0 Å². The maximum atomic E-state index is 9.87. The van der Waals surface area contributed by atoms with E-state index in [1.165, 1.54) is 24.8 Å². The summed E-state index contributed by atoms with van der Waals surface area (Å²) in [5, 5.41) is 9.87. The maximum absolute atomic E-state index is 9.87. The minimum absolute atomic E-state index is 0.0284. The van der Waals surface area contributed by atoms with E-state index in [0.717, 1.165) is 17.7 Å². The second kappa shape index (κ2) is 8.47. The van der Waals surface area contributed by atoms with Crippen molar-refractivity contribution in [3.05, 3.63) is 59.7 Å². The number of para-hydroxylation sites is 2. The lowest BCUT2D eigenvalue weighted by Gasteiger charge is -2.18. The number of benzene rings is 2. The van der Waals surface area contributed by atoms with Gasteiger partial charge in [0.1, 0.15) is 17.6 Å². The Morgan fingerprint density at radius 1 is 0.955 bits per heavy atom. The molecule has 1 N–H and O–H groups in total. The Hall–Kier alpha value is -1.96. The van der Waals surface area contributed by atoms with Crippen LogP contribution in [0.2, 0.25) is 0 Å². The largest absolute Gasteiger partial charge is 0.508 e. The van der Waals surface area contributed by atoms with Gasteiger partial charge in [-0.15, -0.1) is 0 Å². The normalized spacial score (nSPS) is 12.1. The first-order valence-electron chi connectivity index (χ1n) is 8.22. The van der Waals surface area contributed by atoms with Crippen LogP contribution in [0.1, 0.15) is 44.2 Å². The molecular weight excluding hydrogens is 272 g/mol. The van der Waals surface area contributed by atoms with E-state index in [2.05, 4.69) is 26.0 Å². The Kier molecular flexibility index (Phi) is 6.32. The molecule has 2 heteroatoms. The third-order valence-electron chi connectivity index (χ3n) is 3.85. The molecule has 0 aromatic heterocycles. The zero-order chi connectivity index (χ0) is 15.8.